The summed E-state index contributed by atoms with van der Waals surface area (Å²) in [6.45, 7) is 7.50. The number of benzene rings is 1. The Morgan fingerprint density at radius 1 is 1.37 bits per heavy atom. The van der Waals surface area contributed by atoms with Gasteiger partial charge in [-0.3, -0.25) is 14.6 Å². The van der Waals surface area contributed by atoms with Crippen LogP contribution in [0.1, 0.15) is 38.7 Å². The van der Waals surface area contributed by atoms with Gasteiger partial charge in [0.25, 0.3) is 5.56 Å². The summed E-state index contributed by atoms with van der Waals surface area (Å²) in [5.41, 5.74) is 3.84. The second-order valence-electron chi connectivity index (χ2n) is 8.19. The standard InChI is InChI=1S/C23H28N4O2S/c1-4-15(3)24-21(28)17-6-5-11-27(12-17)23-25-19-18(13-30-20(19)22(29)26-23)16-9-7-14(2)8-10-16/h7-10,13,15,17H,4-6,11-12H2,1-3H3,(H,24,28)(H,25,26,29)/t15-,17-/m1/s1. The van der Waals surface area contributed by atoms with Crippen LogP contribution in [0.2, 0.25) is 0 Å². The lowest BCUT2D eigenvalue weighted by Gasteiger charge is -2.32. The van der Waals surface area contributed by atoms with E-state index in [1.54, 1.807) is 0 Å². The number of thiophene rings is 1. The number of aromatic nitrogens is 2. The summed E-state index contributed by atoms with van der Waals surface area (Å²) >= 11 is 1.42. The minimum Gasteiger partial charge on any atom is -0.353 e. The number of piperidine rings is 1. The van der Waals surface area contributed by atoms with Crippen molar-refractivity contribution in [3.63, 3.8) is 0 Å². The van der Waals surface area contributed by atoms with Crippen LogP contribution in [0, 0.1) is 12.8 Å². The van der Waals surface area contributed by atoms with E-state index in [-0.39, 0.29) is 23.4 Å². The number of nitrogens with one attached hydrogen (secondary N) is 2. The van der Waals surface area contributed by atoms with Crippen molar-refractivity contribution in [2.75, 3.05) is 18.0 Å². The Morgan fingerprint density at radius 3 is 2.87 bits per heavy atom. The van der Waals surface area contributed by atoms with Gasteiger partial charge in [-0.15, -0.1) is 11.3 Å². The Bertz CT molecular complexity index is 1100. The van der Waals surface area contributed by atoms with Gasteiger partial charge in [-0.05, 0) is 38.7 Å². The van der Waals surface area contributed by atoms with Crippen LogP contribution in [0.4, 0.5) is 5.95 Å². The summed E-state index contributed by atoms with van der Waals surface area (Å²) < 4.78 is 0.636. The molecule has 3 aromatic rings. The van der Waals surface area contributed by atoms with Gasteiger partial charge in [0.05, 0.1) is 11.4 Å². The van der Waals surface area contributed by atoms with Crippen LogP contribution >= 0.6 is 11.3 Å². The lowest BCUT2D eigenvalue weighted by Crippen LogP contribution is -2.46. The number of fused-ring (bicyclic) bond motifs is 1. The number of aryl methyl sites for hydroxylation is 1. The molecular formula is C23H28N4O2S. The van der Waals surface area contributed by atoms with Crippen molar-refractivity contribution < 1.29 is 4.79 Å². The fraction of sp³-hybridized carbons (Fsp3) is 0.435. The van der Waals surface area contributed by atoms with Gasteiger partial charge in [-0.1, -0.05) is 36.8 Å². The van der Waals surface area contributed by atoms with Crippen LogP contribution in [0.25, 0.3) is 21.3 Å². The van der Waals surface area contributed by atoms with E-state index in [0.29, 0.717) is 17.2 Å². The van der Waals surface area contributed by atoms with Gasteiger partial charge in [0.2, 0.25) is 11.9 Å². The molecule has 0 radical (unpaired) electrons. The maximum Gasteiger partial charge on any atom is 0.270 e. The predicted octanol–water partition coefficient (Wildman–Crippen LogP) is 4.09. The van der Waals surface area contributed by atoms with Crippen molar-refractivity contribution in [2.45, 2.75) is 46.1 Å². The first kappa shape index (κ1) is 20.6. The molecule has 4 rings (SSSR count). The van der Waals surface area contributed by atoms with Gasteiger partial charge in [0, 0.05) is 30.1 Å². The summed E-state index contributed by atoms with van der Waals surface area (Å²) in [5.74, 6) is 0.557. The van der Waals surface area contributed by atoms with Crippen molar-refractivity contribution >= 4 is 33.4 Å². The molecule has 1 fully saturated rings. The SMILES string of the molecule is CC[C@@H](C)NC(=O)[C@@H]1CCCN(c2nc3c(-c4ccc(C)cc4)csc3c(=O)[nH]2)C1. The maximum atomic E-state index is 12.7. The summed E-state index contributed by atoms with van der Waals surface area (Å²) in [4.78, 5) is 35.2. The molecule has 7 heteroatoms. The molecule has 2 aromatic heterocycles. The average molecular weight is 425 g/mol. The normalized spacial score (nSPS) is 17.8. The lowest BCUT2D eigenvalue weighted by atomic mass is 9.97. The number of anilines is 1. The zero-order valence-electron chi connectivity index (χ0n) is 17.7. The zero-order valence-corrected chi connectivity index (χ0v) is 18.5. The third-order valence-electron chi connectivity index (χ3n) is 5.87. The van der Waals surface area contributed by atoms with E-state index in [4.69, 9.17) is 4.98 Å². The Labute approximate surface area is 180 Å². The first-order valence-electron chi connectivity index (χ1n) is 10.6. The number of aromatic amines is 1. The molecule has 0 spiro atoms. The molecule has 3 heterocycles. The van der Waals surface area contributed by atoms with Crippen molar-refractivity contribution in [1.82, 2.24) is 15.3 Å². The molecule has 1 aromatic carbocycles. The molecule has 2 atom stereocenters. The number of amides is 1. The molecular weight excluding hydrogens is 396 g/mol. The molecule has 0 aliphatic carbocycles. The van der Waals surface area contributed by atoms with Crippen LogP contribution in [-0.4, -0.2) is 35.0 Å². The van der Waals surface area contributed by atoms with Crippen LogP contribution in [0.5, 0.6) is 0 Å². The highest BCUT2D eigenvalue weighted by Crippen LogP contribution is 2.32. The smallest absolute Gasteiger partial charge is 0.270 e. The number of H-pyrrole nitrogens is 1. The first-order valence-corrected chi connectivity index (χ1v) is 11.5. The number of hydrogen-bond donors (Lipinski definition) is 2. The van der Waals surface area contributed by atoms with Gasteiger partial charge in [0.1, 0.15) is 4.70 Å². The summed E-state index contributed by atoms with van der Waals surface area (Å²) in [5, 5.41) is 5.09. The average Bonchev–Trinajstić information content (AvgIpc) is 3.19. The van der Waals surface area contributed by atoms with E-state index in [1.807, 2.05) is 17.2 Å². The Morgan fingerprint density at radius 2 is 2.13 bits per heavy atom. The lowest BCUT2D eigenvalue weighted by molar-refractivity contribution is -0.125. The third-order valence-corrected chi connectivity index (χ3v) is 6.84. The topological polar surface area (TPSA) is 78.1 Å². The maximum absolute atomic E-state index is 12.7. The number of carbonyl (C=O) groups excluding carboxylic acids is 1. The number of hydrogen-bond acceptors (Lipinski definition) is 5. The van der Waals surface area contributed by atoms with Crippen LogP contribution in [0.15, 0.2) is 34.4 Å². The van der Waals surface area contributed by atoms with E-state index in [2.05, 4.69) is 48.4 Å². The monoisotopic (exact) mass is 424 g/mol. The predicted molar refractivity (Wildman–Crippen MR) is 123 cm³/mol. The molecule has 0 saturated carbocycles. The Balaban J connectivity index is 1.64. The molecule has 1 aliphatic heterocycles. The fourth-order valence-corrected chi connectivity index (χ4v) is 4.76. The second kappa shape index (κ2) is 8.60. The number of nitrogens with zero attached hydrogens (tertiary/aromatic N) is 2. The second-order valence-corrected chi connectivity index (χ2v) is 9.07. The molecule has 1 amide bonds. The van der Waals surface area contributed by atoms with E-state index < -0.39 is 0 Å². The van der Waals surface area contributed by atoms with Crippen LogP contribution in [-0.2, 0) is 4.79 Å². The van der Waals surface area contributed by atoms with Crippen LogP contribution < -0.4 is 15.8 Å². The molecule has 1 aliphatic rings. The third kappa shape index (κ3) is 4.12. The highest BCUT2D eigenvalue weighted by molar-refractivity contribution is 7.17. The first-order chi connectivity index (χ1) is 14.5. The molecule has 2 N–H and O–H groups in total. The quantitative estimate of drug-likeness (QED) is 0.647. The van der Waals surface area contributed by atoms with Gasteiger partial charge >= 0.3 is 0 Å². The van der Waals surface area contributed by atoms with Gasteiger partial charge in [0.15, 0.2) is 0 Å². The summed E-state index contributed by atoms with van der Waals surface area (Å²) in [6, 6.07) is 8.44. The van der Waals surface area contributed by atoms with Crippen molar-refractivity contribution in [3.8, 4) is 11.1 Å². The van der Waals surface area contributed by atoms with Crippen molar-refractivity contribution in [2.24, 2.45) is 5.92 Å². The molecule has 6 nitrogen and oxygen atoms in total. The van der Waals surface area contributed by atoms with E-state index in [1.165, 1.54) is 16.9 Å². The number of carbonyl (C=O) groups is 1. The van der Waals surface area contributed by atoms with Crippen molar-refractivity contribution in [1.29, 1.82) is 0 Å². The highest BCUT2D eigenvalue weighted by Gasteiger charge is 2.28. The van der Waals surface area contributed by atoms with E-state index in [9.17, 15) is 9.59 Å². The minimum absolute atomic E-state index is 0.0900. The molecule has 30 heavy (non-hydrogen) atoms. The highest BCUT2D eigenvalue weighted by atomic mass is 32.1. The summed E-state index contributed by atoms with van der Waals surface area (Å²) in [6.07, 6.45) is 2.67. The Kier molecular flexibility index (Phi) is 5.90. The van der Waals surface area contributed by atoms with E-state index in [0.717, 1.165) is 42.5 Å². The summed E-state index contributed by atoms with van der Waals surface area (Å²) in [7, 11) is 0. The van der Waals surface area contributed by atoms with Crippen LogP contribution in [0.3, 0.4) is 0 Å². The molecule has 158 valence electrons. The van der Waals surface area contributed by atoms with Gasteiger partial charge in [-0.2, -0.15) is 0 Å². The Hall–Kier alpha value is -2.67. The molecule has 0 bridgehead atoms. The largest absolute Gasteiger partial charge is 0.353 e. The number of rotatable bonds is 5. The van der Waals surface area contributed by atoms with Gasteiger partial charge in [-0.25, -0.2) is 4.98 Å². The van der Waals surface area contributed by atoms with E-state index >= 15 is 0 Å². The fourth-order valence-electron chi connectivity index (χ4n) is 3.85. The minimum atomic E-state index is -0.121. The molecule has 0 unspecified atom stereocenters. The molecule has 1 saturated heterocycles. The van der Waals surface area contributed by atoms with Crippen molar-refractivity contribution in [3.05, 3.63) is 45.6 Å². The zero-order chi connectivity index (χ0) is 21.3. The van der Waals surface area contributed by atoms with Gasteiger partial charge < -0.3 is 10.2 Å².